The van der Waals surface area contributed by atoms with Crippen LogP contribution in [0.5, 0.6) is 0 Å². The quantitative estimate of drug-likeness (QED) is 0.671. The number of carbonyl (C=O) groups excluding carboxylic acids is 1. The molecule has 0 heterocycles. The van der Waals surface area contributed by atoms with E-state index >= 15 is 0 Å². The Kier molecular flexibility index (Phi) is 3.22. The van der Waals surface area contributed by atoms with Gasteiger partial charge in [-0.3, -0.25) is 0 Å². The first-order chi connectivity index (χ1) is 7.72. The van der Waals surface area contributed by atoms with E-state index in [1.54, 1.807) is 6.08 Å². The highest BCUT2D eigenvalue weighted by Crippen LogP contribution is 2.32. The SMILES string of the molecule is COC(=O)C(F)C1C=CC2=CCCCC2=C1. The maximum absolute atomic E-state index is 13.7. The van der Waals surface area contributed by atoms with Gasteiger partial charge in [-0.15, -0.1) is 0 Å². The highest BCUT2D eigenvalue weighted by molar-refractivity contribution is 5.75. The number of halogens is 1. The standard InChI is InChI=1S/C13H15FO2/c1-16-13(15)12(14)11-7-6-9-4-2-3-5-10(9)8-11/h4,6-8,11-12H,2-3,5H2,1H3. The summed E-state index contributed by atoms with van der Waals surface area (Å²) in [7, 11) is 1.21. The number of hydrogen-bond acceptors (Lipinski definition) is 2. The lowest BCUT2D eigenvalue weighted by molar-refractivity contribution is -0.147. The minimum atomic E-state index is -1.59. The molecular weight excluding hydrogens is 207 g/mol. The summed E-state index contributed by atoms with van der Waals surface area (Å²) in [6.07, 6.45) is 9.23. The van der Waals surface area contributed by atoms with Crippen LogP contribution in [-0.4, -0.2) is 19.3 Å². The molecule has 0 aromatic rings. The molecule has 0 spiro atoms. The van der Waals surface area contributed by atoms with Crippen LogP contribution < -0.4 is 0 Å². The first kappa shape index (κ1) is 11.1. The molecule has 2 aliphatic carbocycles. The molecule has 0 radical (unpaired) electrons. The van der Waals surface area contributed by atoms with Gasteiger partial charge in [0.05, 0.1) is 7.11 Å². The van der Waals surface area contributed by atoms with Gasteiger partial charge in [0.25, 0.3) is 0 Å². The summed E-state index contributed by atoms with van der Waals surface area (Å²) in [4.78, 5) is 11.1. The van der Waals surface area contributed by atoms with Crippen molar-refractivity contribution in [2.45, 2.75) is 25.4 Å². The van der Waals surface area contributed by atoms with Crippen molar-refractivity contribution in [3.8, 4) is 0 Å². The van der Waals surface area contributed by atoms with Crippen molar-refractivity contribution in [2.75, 3.05) is 7.11 Å². The van der Waals surface area contributed by atoms with E-state index in [1.165, 1.54) is 12.7 Å². The van der Waals surface area contributed by atoms with Crippen molar-refractivity contribution < 1.29 is 13.9 Å². The van der Waals surface area contributed by atoms with E-state index in [0.29, 0.717) is 0 Å². The van der Waals surface area contributed by atoms with E-state index in [2.05, 4.69) is 10.8 Å². The van der Waals surface area contributed by atoms with Gasteiger partial charge in [-0.2, -0.15) is 0 Å². The molecule has 3 heteroatoms. The van der Waals surface area contributed by atoms with Crippen molar-refractivity contribution in [2.24, 2.45) is 5.92 Å². The van der Waals surface area contributed by atoms with E-state index in [1.807, 2.05) is 12.2 Å². The third-order valence-electron chi connectivity index (χ3n) is 3.04. The molecule has 0 aromatic heterocycles. The van der Waals surface area contributed by atoms with Gasteiger partial charge in [0.1, 0.15) is 0 Å². The van der Waals surface area contributed by atoms with E-state index in [9.17, 15) is 9.18 Å². The lowest BCUT2D eigenvalue weighted by Crippen LogP contribution is -2.25. The predicted molar refractivity (Wildman–Crippen MR) is 59.6 cm³/mol. The molecule has 2 aliphatic rings. The van der Waals surface area contributed by atoms with Gasteiger partial charge >= 0.3 is 5.97 Å². The zero-order chi connectivity index (χ0) is 11.5. The largest absolute Gasteiger partial charge is 0.467 e. The number of alkyl halides is 1. The fraction of sp³-hybridized carbons (Fsp3) is 0.462. The minimum Gasteiger partial charge on any atom is -0.467 e. The molecule has 0 saturated heterocycles. The molecule has 0 N–H and O–H groups in total. The Morgan fingerprint density at radius 1 is 1.62 bits per heavy atom. The summed E-state index contributed by atoms with van der Waals surface area (Å²) in [5.74, 6) is -1.27. The minimum absolute atomic E-state index is 0.474. The number of ether oxygens (including phenoxy) is 1. The monoisotopic (exact) mass is 222 g/mol. The second-order valence-corrected chi connectivity index (χ2v) is 4.10. The first-order valence-electron chi connectivity index (χ1n) is 5.53. The van der Waals surface area contributed by atoms with Crippen LogP contribution in [0.4, 0.5) is 4.39 Å². The molecule has 0 aromatic carbocycles. The van der Waals surface area contributed by atoms with Crippen molar-refractivity contribution in [3.63, 3.8) is 0 Å². The molecule has 0 aliphatic heterocycles. The summed E-state index contributed by atoms with van der Waals surface area (Å²) >= 11 is 0. The van der Waals surface area contributed by atoms with Gasteiger partial charge in [-0.25, -0.2) is 9.18 Å². The molecule has 2 atom stereocenters. The Hall–Kier alpha value is -1.38. The van der Waals surface area contributed by atoms with Crippen LogP contribution in [0, 0.1) is 5.92 Å². The Bertz CT molecular complexity index is 379. The lowest BCUT2D eigenvalue weighted by atomic mass is 9.84. The number of rotatable bonds is 2. The molecule has 0 fully saturated rings. The van der Waals surface area contributed by atoms with Crippen LogP contribution in [-0.2, 0) is 9.53 Å². The molecule has 16 heavy (non-hydrogen) atoms. The molecule has 2 unspecified atom stereocenters. The number of methoxy groups -OCH3 is 1. The van der Waals surface area contributed by atoms with Crippen LogP contribution in [0.15, 0.2) is 35.5 Å². The third-order valence-corrected chi connectivity index (χ3v) is 3.04. The highest BCUT2D eigenvalue weighted by Gasteiger charge is 2.28. The lowest BCUT2D eigenvalue weighted by Gasteiger charge is -2.22. The number of carbonyl (C=O) groups is 1. The molecule has 2 nitrogen and oxygen atoms in total. The summed E-state index contributed by atoms with van der Waals surface area (Å²) in [6.45, 7) is 0. The van der Waals surface area contributed by atoms with Crippen LogP contribution in [0.25, 0.3) is 0 Å². The number of fused-ring (bicyclic) bond motifs is 1. The summed E-state index contributed by atoms with van der Waals surface area (Å²) in [5, 5.41) is 0. The van der Waals surface area contributed by atoms with Crippen molar-refractivity contribution in [1.29, 1.82) is 0 Å². The fourth-order valence-electron chi connectivity index (χ4n) is 2.13. The van der Waals surface area contributed by atoms with Crippen molar-refractivity contribution in [1.82, 2.24) is 0 Å². The summed E-state index contributed by atoms with van der Waals surface area (Å²) in [6, 6.07) is 0. The molecule has 0 saturated carbocycles. The van der Waals surface area contributed by atoms with Gasteiger partial charge in [0, 0.05) is 5.92 Å². The molecular formula is C13H15FO2. The topological polar surface area (TPSA) is 26.3 Å². The molecule has 2 rings (SSSR count). The smallest absolute Gasteiger partial charge is 0.341 e. The van der Waals surface area contributed by atoms with Crippen LogP contribution in [0.3, 0.4) is 0 Å². The maximum atomic E-state index is 13.7. The van der Waals surface area contributed by atoms with Gasteiger partial charge in [-0.1, -0.05) is 24.3 Å². The highest BCUT2D eigenvalue weighted by atomic mass is 19.1. The van der Waals surface area contributed by atoms with Crippen molar-refractivity contribution in [3.05, 3.63) is 35.5 Å². The van der Waals surface area contributed by atoms with Gasteiger partial charge in [0.2, 0.25) is 6.17 Å². The Balaban J connectivity index is 2.15. The first-order valence-corrected chi connectivity index (χ1v) is 5.53. The van der Waals surface area contributed by atoms with E-state index < -0.39 is 18.1 Å². The van der Waals surface area contributed by atoms with Gasteiger partial charge < -0.3 is 4.74 Å². The summed E-state index contributed by atoms with van der Waals surface area (Å²) in [5.41, 5.74) is 2.34. The summed E-state index contributed by atoms with van der Waals surface area (Å²) < 4.78 is 18.1. The van der Waals surface area contributed by atoms with Gasteiger partial charge in [-0.05, 0) is 30.4 Å². The normalized spacial score (nSPS) is 25.2. The zero-order valence-corrected chi connectivity index (χ0v) is 9.28. The van der Waals surface area contributed by atoms with Crippen LogP contribution in [0.2, 0.25) is 0 Å². The maximum Gasteiger partial charge on any atom is 0.341 e. The van der Waals surface area contributed by atoms with Crippen LogP contribution in [0.1, 0.15) is 19.3 Å². The van der Waals surface area contributed by atoms with Crippen LogP contribution >= 0.6 is 0 Å². The fourth-order valence-corrected chi connectivity index (χ4v) is 2.13. The average molecular weight is 222 g/mol. The van der Waals surface area contributed by atoms with Gasteiger partial charge in [0.15, 0.2) is 0 Å². The Morgan fingerprint density at radius 3 is 3.19 bits per heavy atom. The second-order valence-electron chi connectivity index (χ2n) is 4.10. The Labute approximate surface area is 94.5 Å². The van der Waals surface area contributed by atoms with Crippen molar-refractivity contribution >= 4 is 5.97 Å². The molecule has 0 bridgehead atoms. The number of hydrogen-bond donors (Lipinski definition) is 0. The van der Waals surface area contributed by atoms with E-state index in [0.717, 1.165) is 24.8 Å². The average Bonchev–Trinajstić information content (AvgIpc) is 2.36. The van der Waals surface area contributed by atoms with E-state index in [-0.39, 0.29) is 0 Å². The predicted octanol–water partition coefficient (Wildman–Crippen LogP) is 2.72. The van der Waals surface area contributed by atoms with E-state index in [4.69, 9.17) is 0 Å². The molecule has 0 amide bonds. The second kappa shape index (κ2) is 4.64. The number of allylic oxidation sites excluding steroid dienone is 6. The number of esters is 1. The third kappa shape index (κ3) is 2.08. The Morgan fingerprint density at radius 2 is 2.44 bits per heavy atom. The molecule has 86 valence electrons. The zero-order valence-electron chi connectivity index (χ0n) is 9.28.